The molecule has 1 unspecified atom stereocenters. The third-order valence-electron chi connectivity index (χ3n) is 13.6. The highest BCUT2D eigenvalue weighted by Crippen LogP contribution is 2.36. The molecule has 14 heteroatoms. The average molecular weight is 817 g/mol. The van der Waals surface area contributed by atoms with Crippen LogP contribution < -0.4 is 20.4 Å². The first-order valence-electron chi connectivity index (χ1n) is 20.9. The quantitative estimate of drug-likeness (QED) is 0.291. The molecule has 1 aliphatic carbocycles. The lowest BCUT2D eigenvalue weighted by molar-refractivity contribution is -0.136. The maximum absolute atomic E-state index is 13.3. The fourth-order valence-electron chi connectivity index (χ4n) is 10.0. The Labute approximate surface area is 349 Å². The number of halogens is 1. The van der Waals surface area contributed by atoms with Crippen molar-refractivity contribution in [3.05, 3.63) is 93.0 Å². The van der Waals surface area contributed by atoms with Gasteiger partial charge in [0.15, 0.2) is 0 Å². The maximum atomic E-state index is 13.3. The number of carbonyl (C=O) groups is 5. The molecule has 0 radical (unpaired) electrons. The Bertz CT molecular complexity index is 2190. The second-order valence-electron chi connectivity index (χ2n) is 17.2. The zero-order valence-corrected chi connectivity index (χ0v) is 34.0. The minimum atomic E-state index is -0.952. The van der Waals surface area contributed by atoms with E-state index in [-0.39, 0.29) is 30.7 Å². The highest BCUT2D eigenvalue weighted by molar-refractivity contribution is 6.32. The average Bonchev–Trinajstić information content (AvgIpc) is 3.74. The summed E-state index contributed by atoms with van der Waals surface area (Å²) in [6.07, 6.45) is 6.25. The molecule has 13 nitrogen and oxygen atoms in total. The third-order valence-corrected chi connectivity index (χ3v) is 14.0. The van der Waals surface area contributed by atoms with Gasteiger partial charge >= 0.3 is 0 Å². The van der Waals surface area contributed by atoms with E-state index < -0.39 is 23.8 Å². The normalized spacial score (nSPS) is 24.1. The number of imide groups is 2. The number of nitrogens with zero attached hydrogens (tertiary/aromatic N) is 6. The van der Waals surface area contributed by atoms with E-state index in [1.165, 1.54) is 0 Å². The van der Waals surface area contributed by atoms with Gasteiger partial charge in [0.05, 0.1) is 21.7 Å². The van der Waals surface area contributed by atoms with Crippen LogP contribution in [0.3, 0.4) is 0 Å². The van der Waals surface area contributed by atoms with E-state index in [4.69, 9.17) is 11.6 Å². The smallest absolute Gasteiger partial charge is 0.262 e. The van der Waals surface area contributed by atoms with Crippen molar-refractivity contribution in [1.82, 2.24) is 25.3 Å². The number of hydrogen-bond acceptors (Lipinski definition) is 10. The van der Waals surface area contributed by atoms with Gasteiger partial charge in [0, 0.05) is 94.3 Å². The number of nitriles is 1. The topological polar surface area (TPSA) is 149 Å². The number of rotatable bonds is 9. The molecule has 9 rings (SSSR count). The van der Waals surface area contributed by atoms with Crippen molar-refractivity contribution >= 4 is 52.5 Å². The molecule has 3 saturated heterocycles. The first kappa shape index (κ1) is 39.2. The van der Waals surface area contributed by atoms with Crippen LogP contribution in [-0.2, 0) is 22.7 Å². The zero-order chi connectivity index (χ0) is 40.9. The van der Waals surface area contributed by atoms with Crippen LogP contribution in [0.2, 0.25) is 5.02 Å². The standard InChI is InChI=1S/C45H49ClN8O5/c1-50(35-9-4-29(21-47)39(46)20-35)33-10-5-32(6-11-33)48-42(56)28-2-7-34(8-3-28)52-16-14-27(15-17-52)22-51-25-36(26-51)53-23-30-18-37-38(19-31(30)24-53)45(59)54(44(37)58)40-12-13-41(55)49-43(40)57/h2-4,7-9,18-20,27,32-33,36,40H,5-6,10-17,22-26H2,1H3,(H,48,56)(H,49,55,57). The molecule has 1 saturated carbocycles. The predicted octanol–water partition coefficient (Wildman–Crippen LogP) is 4.71. The van der Waals surface area contributed by atoms with Crippen LogP contribution in [0.4, 0.5) is 11.4 Å². The minimum Gasteiger partial charge on any atom is -0.372 e. The summed E-state index contributed by atoms with van der Waals surface area (Å²) in [6, 6.07) is 19.4. The van der Waals surface area contributed by atoms with Crippen LogP contribution in [-0.4, -0.2) is 108 Å². The SMILES string of the molecule is CN(c1ccc(C#N)c(Cl)c1)C1CCC(NC(=O)c2ccc(N3CCC(CN4CC(N5Cc6cc7c(cc6C5)C(=O)N(C5CCC(=O)NC5=O)C7=O)C4)CC3)cc2)CC1. The van der Waals surface area contributed by atoms with E-state index in [1.54, 1.807) is 6.07 Å². The Morgan fingerprint density at radius 2 is 1.54 bits per heavy atom. The molecule has 4 fully saturated rings. The van der Waals surface area contributed by atoms with Crippen molar-refractivity contribution in [3.8, 4) is 6.07 Å². The first-order valence-corrected chi connectivity index (χ1v) is 21.3. The lowest BCUT2D eigenvalue weighted by atomic mass is 9.90. The van der Waals surface area contributed by atoms with Crippen molar-refractivity contribution in [1.29, 1.82) is 5.26 Å². The molecule has 5 amide bonds. The van der Waals surface area contributed by atoms with Gasteiger partial charge in [-0.1, -0.05) is 11.6 Å². The summed E-state index contributed by atoms with van der Waals surface area (Å²) in [5.74, 6) is -1.27. The predicted molar refractivity (Wildman–Crippen MR) is 222 cm³/mol. The van der Waals surface area contributed by atoms with Crippen LogP contribution in [0.25, 0.3) is 0 Å². The number of benzene rings is 3. The van der Waals surface area contributed by atoms with Gasteiger partial charge in [0.1, 0.15) is 12.1 Å². The first-order chi connectivity index (χ1) is 28.5. The van der Waals surface area contributed by atoms with Gasteiger partial charge in [-0.2, -0.15) is 5.26 Å². The van der Waals surface area contributed by atoms with E-state index in [0.29, 0.717) is 45.3 Å². The van der Waals surface area contributed by atoms with Crippen molar-refractivity contribution in [3.63, 3.8) is 0 Å². The molecule has 6 aliphatic rings. The number of likely N-dealkylation sites (tertiary alicyclic amines) is 1. The Balaban J connectivity index is 0.691. The number of fused-ring (bicyclic) bond motifs is 2. The number of nitrogens with one attached hydrogen (secondary N) is 2. The Kier molecular flexibility index (Phi) is 10.7. The Morgan fingerprint density at radius 1 is 0.881 bits per heavy atom. The molecule has 5 aliphatic heterocycles. The summed E-state index contributed by atoms with van der Waals surface area (Å²) in [5.41, 5.74) is 6.14. The molecule has 0 bridgehead atoms. The van der Waals surface area contributed by atoms with Crippen LogP contribution >= 0.6 is 11.6 Å². The summed E-state index contributed by atoms with van der Waals surface area (Å²) in [6.45, 7) is 6.54. The van der Waals surface area contributed by atoms with Gasteiger partial charge in [-0.05, 0) is 117 Å². The molecule has 5 heterocycles. The van der Waals surface area contributed by atoms with E-state index in [1.807, 2.05) is 36.4 Å². The monoisotopic (exact) mass is 816 g/mol. The molecule has 59 heavy (non-hydrogen) atoms. The summed E-state index contributed by atoms with van der Waals surface area (Å²) in [5, 5.41) is 15.2. The number of anilines is 2. The summed E-state index contributed by atoms with van der Waals surface area (Å²) >= 11 is 6.28. The van der Waals surface area contributed by atoms with E-state index >= 15 is 0 Å². The maximum Gasteiger partial charge on any atom is 0.262 e. The molecule has 1 atom stereocenters. The highest BCUT2D eigenvalue weighted by atomic mass is 35.5. The van der Waals surface area contributed by atoms with Crippen LogP contribution in [0.15, 0.2) is 54.6 Å². The number of piperidine rings is 2. The van der Waals surface area contributed by atoms with Crippen molar-refractivity contribution in [2.75, 3.05) is 49.6 Å². The molecule has 0 spiro atoms. The molecule has 3 aromatic carbocycles. The summed E-state index contributed by atoms with van der Waals surface area (Å²) < 4.78 is 0. The second kappa shape index (κ2) is 16.0. The zero-order valence-electron chi connectivity index (χ0n) is 33.3. The van der Waals surface area contributed by atoms with Gasteiger partial charge in [-0.25, -0.2) is 0 Å². The third kappa shape index (κ3) is 7.70. The molecule has 0 aromatic heterocycles. The van der Waals surface area contributed by atoms with Gasteiger partial charge in [0.2, 0.25) is 11.8 Å². The molecular formula is C45H49ClN8O5. The highest BCUT2D eigenvalue weighted by Gasteiger charge is 2.46. The summed E-state index contributed by atoms with van der Waals surface area (Å²) in [4.78, 5) is 74.6. The largest absolute Gasteiger partial charge is 0.372 e. The number of carbonyl (C=O) groups excluding carboxylic acids is 5. The van der Waals surface area contributed by atoms with Gasteiger partial charge in [0.25, 0.3) is 17.7 Å². The molecule has 306 valence electrons. The Morgan fingerprint density at radius 3 is 2.15 bits per heavy atom. The second-order valence-corrected chi connectivity index (χ2v) is 17.6. The van der Waals surface area contributed by atoms with Crippen molar-refractivity contribution < 1.29 is 24.0 Å². The lowest BCUT2D eigenvalue weighted by Gasteiger charge is -2.46. The minimum absolute atomic E-state index is 0.0242. The van der Waals surface area contributed by atoms with E-state index in [9.17, 15) is 29.2 Å². The van der Waals surface area contributed by atoms with E-state index in [0.717, 1.165) is 112 Å². The van der Waals surface area contributed by atoms with Gasteiger partial charge < -0.3 is 15.1 Å². The molecule has 2 N–H and O–H groups in total. The van der Waals surface area contributed by atoms with Crippen LogP contribution in [0.1, 0.15) is 99.1 Å². The van der Waals surface area contributed by atoms with Crippen LogP contribution in [0.5, 0.6) is 0 Å². The van der Waals surface area contributed by atoms with Crippen molar-refractivity contribution in [2.24, 2.45) is 5.92 Å². The summed E-state index contributed by atoms with van der Waals surface area (Å²) in [7, 11) is 2.06. The van der Waals surface area contributed by atoms with E-state index in [2.05, 4.69) is 55.5 Å². The fourth-order valence-corrected chi connectivity index (χ4v) is 10.3. The lowest BCUT2D eigenvalue weighted by Crippen LogP contribution is -2.59. The number of amides is 5. The molecule has 3 aromatic rings. The molecular weight excluding hydrogens is 768 g/mol. The fraction of sp³-hybridized carbons (Fsp3) is 0.467. The Hall–Kier alpha value is -5.29. The van der Waals surface area contributed by atoms with Crippen molar-refractivity contribution in [2.45, 2.75) is 88.6 Å². The van der Waals surface area contributed by atoms with Crippen LogP contribution in [0, 0.1) is 17.2 Å². The van der Waals surface area contributed by atoms with Gasteiger partial charge in [-0.15, -0.1) is 0 Å². The number of hydrogen-bond donors (Lipinski definition) is 2. The van der Waals surface area contributed by atoms with Gasteiger partial charge in [-0.3, -0.25) is 44.0 Å².